The van der Waals surface area contributed by atoms with Gasteiger partial charge in [-0.25, -0.2) is 4.39 Å². The number of rotatable bonds is 5. The molecule has 2 aromatic heterocycles. The number of aromatic nitrogens is 2. The third-order valence-corrected chi connectivity index (χ3v) is 7.24. The first-order valence-electron chi connectivity index (χ1n) is 8.11. The number of halogens is 1. The van der Waals surface area contributed by atoms with Gasteiger partial charge < -0.3 is 0 Å². The molecule has 2 aromatic carbocycles. The molecule has 0 aliphatic rings. The quantitative estimate of drug-likeness (QED) is 0.333. The molecule has 0 bridgehead atoms. The molecule has 0 saturated heterocycles. The normalized spacial score (nSPS) is 11.0. The Labute approximate surface area is 167 Å². The fraction of sp³-hybridized carbons (Fsp3) is 0.105. The molecule has 4 nitrogen and oxygen atoms in total. The molecule has 1 amide bonds. The van der Waals surface area contributed by atoms with Gasteiger partial charge in [0.2, 0.25) is 5.13 Å². The van der Waals surface area contributed by atoms with Crippen molar-refractivity contribution >= 4 is 55.6 Å². The molecule has 136 valence electrons. The maximum Gasteiger partial charge on any atom is 0.267 e. The third-order valence-electron chi connectivity index (χ3n) is 3.94. The summed E-state index contributed by atoms with van der Waals surface area (Å²) < 4.78 is 15.6. The molecule has 0 aliphatic heterocycles. The predicted octanol–water partition coefficient (Wildman–Crippen LogP) is 5.74. The average Bonchev–Trinajstić information content (AvgIpc) is 3.26. The van der Waals surface area contributed by atoms with E-state index in [9.17, 15) is 9.18 Å². The summed E-state index contributed by atoms with van der Waals surface area (Å²) in [6.45, 7) is 1.76. The lowest BCUT2D eigenvalue weighted by atomic mass is 10.1. The summed E-state index contributed by atoms with van der Waals surface area (Å²) in [6.07, 6.45) is 0. The van der Waals surface area contributed by atoms with Gasteiger partial charge in [-0.05, 0) is 30.2 Å². The van der Waals surface area contributed by atoms with Crippen LogP contribution >= 0.6 is 34.4 Å². The number of nitrogens with zero attached hydrogens (tertiary/aromatic N) is 2. The van der Waals surface area contributed by atoms with E-state index in [1.165, 1.54) is 34.3 Å². The summed E-state index contributed by atoms with van der Waals surface area (Å²) in [6, 6.07) is 15.0. The highest BCUT2D eigenvalue weighted by Gasteiger charge is 2.19. The molecule has 0 saturated carbocycles. The van der Waals surface area contributed by atoms with E-state index in [1.54, 1.807) is 24.8 Å². The van der Waals surface area contributed by atoms with Gasteiger partial charge in [0, 0.05) is 15.8 Å². The van der Waals surface area contributed by atoms with Crippen molar-refractivity contribution in [3.8, 4) is 0 Å². The van der Waals surface area contributed by atoms with Gasteiger partial charge in [-0.15, -0.1) is 21.5 Å². The van der Waals surface area contributed by atoms with Gasteiger partial charge in [0.15, 0.2) is 4.34 Å². The van der Waals surface area contributed by atoms with Gasteiger partial charge in [0.25, 0.3) is 5.91 Å². The number of fused-ring (bicyclic) bond motifs is 1. The second-order valence-corrected chi connectivity index (χ2v) is 9.02. The maximum absolute atomic E-state index is 14.0. The minimum Gasteiger partial charge on any atom is -0.296 e. The summed E-state index contributed by atoms with van der Waals surface area (Å²) in [5.41, 5.74) is 1.85. The molecular formula is C19H14FN3OS3. The number of carbonyl (C=O) groups excluding carboxylic acids is 1. The van der Waals surface area contributed by atoms with E-state index < -0.39 is 0 Å². The van der Waals surface area contributed by atoms with Crippen LogP contribution in [0.5, 0.6) is 0 Å². The van der Waals surface area contributed by atoms with E-state index in [-0.39, 0.29) is 11.7 Å². The van der Waals surface area contributed by atoms with Crippen LogP contribution in [0.2, 0.25) is 0 Å². The number of anilines is 1. The van der Waals surface area contributed by atoms with E-state index in [4.69, 9.17) is 0 Å². The maximum atomic E-state index is 14.0. The van der Waals surface area contributed by atoms with Crippen molar-refractivity contribution in [3.63, 3.8) is 0 Å². The summed E-state index contributed by atoms with van der Waals surface area (Å²) >= 11 is 4.18. The summed E-state index contributed by atoms with van der Waals surface area (Å²) in [4.78, 5) is 13.1. The molecule has 2 heterocycles. The third kappa shape index (κ3) is 3.87. The minimum absolute atomic E-state index is 0.288. The van der Waals surface area contributed by atoms with Crippen LogP contribution in [0.3, 0.4) is 0 Å². The monoisotopic (exact) mass is 415 g/mol. The lowest BCUT2D eigenvalue weighted by Gasteiger charge is -2.00. The van der Waals surface area contributed by atoms with Crippen molar-refractivity contribution < 1.29 is 9.18 Å². The average molecular weight is 416 g/mol. The van der Waals surface area contributed by atoms with Crippen molar-refractivity contribution in [2.24, 2.45) is 0 Å². The fourth-order valence-electron chi connectivity index (χ4n) is 2.66. The molecule has 8 heteroatoms. The molecule has 0 fully saturated rings. The van der Waals surface area contributed by atoms with Crippen LogP contribution in [0.1, 0.15) is 20.8 Å². The number of carbonyl (C=O) groups is 1. The second-order valence-electron chi connectivity index (χ2n) is 5.77. The highest BCUT2D eigenvalue weighted by molar-refractivity contribution is 8.00. The van der Waals surface area contributed by atoms with Crippen molar-refractivity contribution in [2.75, 3.05) is 5.32 Å². The zero-order valence-corrected chi connectivity index (χ0v) is 16.7. The smallest absolute Gasteiger partial charge is 0.267 e. The lowest BCUT2D eigenvalue weighted by Crippen LogP contribution is -2.11. The highest BCUT2D eigenvalue weighted by atomic mass is 32.2. The number of aryl methyl sites for hydroxylation is 1. The number of nitrogens with one attached hydrogen (secondary N) is 1. The molecule has 27 heavy (non-hydrogen) atoms. The molecular weight excluding hydrogens is 401 g/mol. The zero-order valence-electron chi connectivity index (χ0n) is 14.2. The van der Waals surface area contributed by atoms with E-state index in [1.807, 2.05) is 24.3 Å². The number of hydrogen-bond acceptors (Lipinski definition) is 6. The van der Waals surface area contributed by atoms with E-state index in [2.05, 4.69) is 27.6 Å². The van der Waals surface area contributed by atoms with Gasteiger partial charge in [-0.1, -0.05) is 59.5 Å². The number of thioether (sulfide) groups is 1. The van der Waals surface area contributed by atoms with E-state index in [0.29, 0.717) is 21.0 Å². The molecule has 4 rings (SSSR count). The first kappa shape index (κ1) is 18.1. The van der Waals surface area contributed by atoms with Gasteiger partial charge in [0.1, 0.15) is 5.82 Å². The Morgan fingerprint density at radius 2 is 1.93 bits per heavy atom. The lowest BCUT2D eigenvalue weighted by molar-refractivity contribution is 0.103. The number of thiophene rings is 1. The van der Waals surface area contributed by atoms with E-state index in [0.717, 1.165) is 14.8 Å². The topological polar surface area (TPSA) is 54.9 Å². The second kappa shape index (κ2) is 7.75. The Morgan fingerprint density at radius 3 is 2.70 bits per heavy atom. The predicted molar refractivity (Wildman–Crippen MR) is 110 cm³/mol. The Morgan fingerprint density at radius 1 is 1.11 bits per heavy atom. The number of amides is 1. The Balaban J connectivity index is 1.47. The van der Waals surface area contributed by atoms with Gasteiger partial charge in [-0.2, -0.15) is 0 Å². The standard InChI is InChI=1S/C19H14FN3OS3/c1-11-15-13(20)8-5-9-14(15)26-16(11)17(24)21-18-22-23-19(27-18)25-10-12-6-3-2-4-7-12/h2-9H,10H2,1H3,(H,21,22,24). The Bertz CT molecular complexity index is 1110. The van der Waals surface area contributed by atoms with Crippen LogP contribution < -0.4 is 5.32 Å². The summed E-state index contributed by atoms with van der Waals surface area (Å²) in [5, 5.41) is 11.9. The van der Waals surface area contributed by atoms with Crippen LogP contribution in [0.4, 0.5) is 9.52 Å². The molecule has 0 radical (unpaired) electrons. The van der Waals surface area contributed by atoms with Crippen LogP contribution in [0, 0.1) is 12.7 Å². The van der Waals surface area contributed by atoms with Gasteiger partial charge >= 0.3 is 0 Å². The van der Waals surface area contributed by atoms with Crippen LogP contribution in [0.15, 0.2) is 52.9 Å². The number of hydrogen-bond donors (Lipinski definition) is 1. The van der Waals surface area contributed by atoms with Crippen LogP contribution in [-0.4, -0.2) is 16.1 Å². The minimum atomic E-state index is -0.309. The molecule has 0 aliphatic carbocycles. The Hall–Kier alpha value is -2.29. The van der Waals surface area contributed by atoms with Crippen molar-refractivity contribution in [1.29, 1.82) is 0 Å². The first-order valence-corrected chi connectivity index (χ1v) is 10.7. The Kier molecular flexibility index (Phi) is 5.20. The zero-order chi connectivity index (χ0) is 18.8. The van der Waals surface area contributed by atoms with E-state index >= 15 is 0 Å². The number of benzene rings is 2. The summed E-state index contributed by atoms with van der Waals surface area (Å²) in [5.74, 6) is 0.192. The van der Waals surface area contributed by atoms with Gasteiger partial charge in [-0.3, -0.25) is 10.1 Å². The van der Waals surface area contributed by atoms with Crippen molar-refractivity contribution in [1.82, 2.24) is 10.2 Å². The fourth-order valence-corrected chi connectivity index (χ4v) is 5.48. The molecule has 4 aromatic rings. The van der Waals surface area contributed by atoms with Crippen LogP contribution in [-0.2, 0) is 5.75 Å². The SMILES string of the molecule is Cc1c(C(=O)Nc2nnc(SCc3ccccc3)s2)sc2cccc(F)c12. The van der Waals surface area contributed by atoms with Crippen LogP contribution in [0.25, 0.3) is 10.1 Å². The highest BCUT2D eigenvalue weighted by Crippen LogP contribution is 2.34. The first-order chi connectivity index (χ1) is 13.1. The molecule has 0 atom stereocenters. The van der Waals surface area contributed by atoms with Crippen molar-refractivity contribution in [3.05, 3.63) is 70.4 Å². The van der Waals surface area contributed by atoms with Gasteiger partial charge in [0.05, 0.1) is 4.88 Å². The van der Waals surface area contributed by atoms with Crippen molar-refractivity contribution in [2.45, 2.75) is 17.0 Å². The summed E-state index contributed by atoms with van der Waals surface area (Å²) in [7, 11) is 0. The molecule has 0 spiro atoms. The molecule has 0 unspecified atom stereocenters. The molecule has 1 N–H and O–H groups in total. The largest absolute Gasteiger partial charge is 0.296 e.